The molecule has 0 heterocycles. The molecule has 0 aromatic rings. The number of hydrogen-bond acceptors (Lipinski definition) is 8. The lowest BCUT2D eigenvalue weighted by atomic mass is 9.92. The van der Waals surface area contributed by atoms with Crippen LogP contribution in [0.2, 0.25) is 0 Å². The minimum Gasteiger partial charge on any atom is -0.465 e. The molecule has 0 atom stereocenters. The molecule has 0 N–H and O–H groups in total. The molecule has 0 saturated carbocycles. The average Bonchev–Trinajstić information content (AvgIpc) is 3.47. The van der Waals surface area contributed by atoms with E-state index in [9.17, 15) is 19.2 Å². The zero-order chi connectivity index (χ0) is 58.9. The quantitative estimate of drug-likeness (QED) is 0.0257. The van der Waals surface area contributed by atoms with Crippen LogP contribution in [0.5, 0.6) is 0 Å². The van der Waals surface area contributed by atoms with Crippen LogP contribution in [0.25, 0.3) is 0 Å². The van der Waals surface area contributed by atoms with Crippen molar-refractivity contribution in [3.05, 3.63) is 36.5 Å². The van der Waals surface area contributed by atoms with Crippen molar-refractivity contribution >= 4 is 23.9 Å². The Labute approximate surface area is 502 Å². The van der Waals surface area contributed by atoms with Crippen molar-refractivity contribution in [2.75, 3.05) is 26.4 Å². The van der Waals surface area contributed by atoms with Crippen LogP contribution >= 0.6 is 0 Å². The molecule has 0 aliphatic heterocycles. The van der Waals surface area contributed by atoms with E-state index in [4.69, 9.17) is 18.9 Å². The second kappa shape index (κ2) is 64.7. The van der Waals surface area contributed by atoms with Crippen LogP contribution in [0.1, 0.15) is 374 Å². The van der Waals surface area contributed by atoms with Crippen LogP contribution in [0.3, 0.4) is 0 Å². The van der Waals surface area contributed by atoms with Gasteiger partial charge in [-0.3, -0.25) is 19.2 Å². The first-order chi connectivity index (χ1) is 39.8. The van der Waals surface area contributed by atoms with E-state index in [-0.39, 0.29) is 76.0 Å². The molecular weight excluding hydrogens is 1000 g/mol. The van der Waals surface area contributed by atoms with Crippen LogP contribution in [0.15, 0.2) is 36.5 Å². The summed E-state index contributed by atoms with van der Waals surface area (Å²) in [5.41, 5.74) is -1.22. The second-order valence-electron chi connectivity index (χ2n) is 24.4. The topological polar surface area (TPSA) is 105 Å². The van der Waals surface area contributed by atoms with E-state index in [1.54, 1.807) is 0 Å². The molecule has 0 fully saturated rings. The van der Waals surface area contributed by atoms with Gasteiger partial charge in [0, 0.05) is 25.7 Å². The highest BCUT2D eigenvalue weighted by atomic mass is 16.6. The Kier molecular flexibility index (Phi) is 62.3. The fraction of sp³-hybridized carbons (Fsp3) is 0.863. The Bertz CT molecular complexity index is 1310. The van der Waals surface area contributed by atoms with Crippen LogP contribution in [-0.2, 0) is 38.1 Å². The highest BCUT2D eigenvalue weighted by molar-refractivity contribution is 5.71. The number of esters is 4. The van der Waals surface area contributed by atoms with Gasteiger partial charge >= 0.3 is 23.9 Å². The maximum absolute atomic E-state index is 13.3. The lowest BCUT2D eigenvalue weighted by Gasteiger charge is -2.31. The van der Waals surface area contributed by atoms with Crippen LogP contribution in [0, 0.1) is 5.41 Å². The molecule has 0 bridgehead atoms. The number of allylic oxidation sites excluding steroid dienone is 6. The standard InChI is InChI=1S/C73H134O8/c1-5-9-13-17-21-25-29-32-35-38-42-46-50-54-58-62-70(75)79-66-73(65-78-69(74)61-57-53-49-45-41-28-24-20-16-12-8-4,67-80-71(76)63-59-55-51-47-43-39-36-33-30-26-22-18-14-10-6-2)68-81-72(77)64-60-56-52-48-44-40-37-34-31-27-23-19-15-11-7-3/h32-37H,5-31,38-68H2,1-4H3. The van der Waals surface area contributed by atoms with Crippen molar-refractivity contribution in [1.82, 2.24) is 0 Å². The van der Waals surface area contributed by atoms with Gasteiger partial charge < -0.3 is 18.9 Å². The monoisotopic (exact) mass is 1140 g/mol. The molecule has 0 rings (SSSR count). The molecule has 0 aliphatic carbocycles. The van der Waals surface area contributed by atoms with Crippen LogP contribution in [0.4, 0.5) is 0 Å². The van der Waals surface area contributed by atoms with Crippen LogP contribution < -0.4 is 0 Å². The molecular formula is C73H134O8. The summed E-state index contributed by atoms with van der Waals surface area (Å²) in [4.78, 5) is 53.3. The van der Waals surface area contributed by atoms with Gasteiger partial charge in [0.25, 0.3) is 0 Å². The lowest BCUT2D eigenvalue weighted by molar-refractivity contribution is -0.170. The summed E-state index contributed by atoms with van der Waals surface area (Å²) in [6.07, 6.45) is 74.1. The van der Waals surface area contributed by atoms with Gasteiger partial charge in [-0.15, -0.1) is 0 Å². The van der Waals surface area contributed by atoms with Crippen molar-refractivity contribution < 1.29 is 38.1 Å². The van der Waals surface area contributed by atoms with Gasteiger partial charge in [0.05, 0.1) is 0 Å². The Morgan fingerprint density at radius 2 is 0.370 bits per heavy atom. The largest absolute Gasteiger partial charge is 0.465 e. The summed E-state index contributed by atoms with van der Waals surface area (Å²) < 4.78 is 23.8. The van der Waals surface area contributed by atoms with Gasteiger partial charge in [-0.25, -0.2) is 0 Å². The minimum absolute atomic E-state index is 0.175. The molecule has 0 aromatic carbocycles. The summed E-state index contributed by atoms with van der Waals surface area (Å²) in [6, 6.07) is 0. The number of rotatable bonds is 65. The summed E-state index contributed by atoms with van der Waals surface area (Å²) in [5.74, 6) is -1.37. The van der Waals surface area contributed by atoms with E-state index in [2.05, 4.69) is 64.2 Å². The van der Waals surface area contributed by atoms with Gasteiger partial charge in [0.15, 0.2) is 0 Å². The molecule has 0 radical (unpaired) electrons. The molecule has 81 heavy (non-hydrogen) atoms. The highest BCUT2D eigenvalue weighted by Crippen LogP contribution is 2.24. The lowest BCUT2D eigenvalue weighted by Crippen LogP contribution is -2.44. The van der Waals surface area contributed by atoms with E-state index < -0.39 is 5.41 Å². The molecule has 0 amide bonds. The van der Waals surface area contributed by atoms with E-state index in [0.717, 1.165) is 135 Å². The number of carbonyl (C=O) groups excluding carboxylic acids is 4. The Morgan fingerprint density at radius 1 is 0.222 bits per heavy atom. The molecule has 0 aromatic heterocycles. The molecule has 0 unspecified atom stereocenters. The first kappa shape index (κ1) is 78.1. The maximum atomic E-state index is 13.3. The van der Waals surface area contributed by atoms with E-state index >= 15 is 0 Å². The maximum Gasteiger partial charge on any atom is 0.305 e. The first-order valence-electron chi connectivity index (χ1n) is 35.4. The van der Waals surface area contributed by atoms with Crippen LogP contribution in [-0.4, -0.2) is 50.3 Å². The first-order valence-corrected chi connectivity index (χ1v) is 35.4. The fourth-order valence-corrected chi connectivity index (χ4v) is 10.4. The van der Waals surface area contributed by atoms with Gasteiger partial charge in [-0.2, -0.15) is 0 Å². The number of unbranched alkanes of at least 4 members (excludes halogenated alkanes) is 43. The van der Waals surface area contributed by atoms with Crippen molar-refractivity contribution in [2.24, 2.45) is 5.41 Å². The predicted octanol–water partition coefficient (Wildman–Crippen LogP) is 23.0. The van der Waals surface area contributed by atoms with E-state index in [1.165, 1.54) is 186 Å². The van der Waals surface area contributed by atoms with Gasteiger partial charge in [0.1, 0.15) is 31.8 Å². The third kappa shape index (κ3) is 60.0. The molecule has 0 saturated heterocycles. The SMILES string of the molecule is CCCCCCCCC=CCCCCCCCC(=O)OCC(COC(=O)CCCCCCCC=CCCCCCCCC)(COC(=O)CCCCCCCC=CCCCCCCCC)COC(=O)CCCCCCCCCCCCC. The number of ether oxygens (including phenoxy) is 4. The Balaban J connectivity index is 5.47. The summed E-state index contributed by atoms with van der Waals surface area (Å²) >= 11 is 0. The fourth-order valence-electron chi connectivity index (χ4n) is 10.4. The summed E-state index contributed by atoms with van der Waals surface area (Å²) in [5, 5.41) is 0. The predicted molar refractivity (Wildman–Crippen MR) is 346 cm³/mol. The molecule has 0 aliphatic rings. The van der Waals surface area contributed by atoms with E-state index in [0.29, 0.717) is 0 Å². The van der Waals surface area contributed by atoms with Gasteiger partial charge in [-0.1, -0.05) is 282 Å². The molecule has 8 nitrogen and oxygen atoms in total. The zero-order valence-electron chi connectivity index (χ0n) is 54.2. The smallest absolute Gasteiger partial charge is 0.305 e. The van der Waals surface area contributed by atoms with E-state index in [1.807, 2.05) is 0 Å². The summed E-state index contributed by atoms with van der Waals surface area (Å²) in [7, 11) is 0. The van der Waals surface area contributed by atoms with Crippen molar-refractivity contribution in [3.63, 3.8) is 0 Å². The Hall–Kier alpha value is -2.90. The molecule has 0 spiro atoms. The van der Waals surface area contributed by atoms with Gasteiger partial charge in [-0.05, 0) is 103 Å². The third-order valence-corrected chi connectivity index (χ3v) is 16.1. The average molecular weight is 1140 g/mol. The normalized spacial score (nSPS) is 12.5. The number of hydrogen-bond donors (Lipinski definition) is 0. The van der Waals surface area contributed by atoms with Crippen molar-refractivity contribution in [1.29, 1.82) is 0 Å². The third-order valence-electron chi connectivity index (χ3n) is 16.1. The number of carbonyl (C=O) groups is 4. The van der Waals surface area contributed by atoms with Crippen molar-refractivity contribution in [3.8, 4) is 0 Å². The molecule has 474 valence electrons. The minimum atomic E-state index is -1.22. The second-order valence-corrected chi connectivity index (χ2v) is 24.4. The Morgan fingerprint density at radius 3 is 0.543 bits per heavy atom. The summed E-state index contributed by atoms with van der Waals surface area (Å²) in [6.45, 7) is 8.33. The zero-order valence-corrected chi connectivity index (χ0v) is 54.2. The van der Waals surface area contributed by atoms with Crippen molar-refractivity contribution in [2.45, 2.75) is 374 Å². The molecule has 8 heteroatoms. The van der Waals surface area contributed by atoms with Gasteiger partial charge in [0.2, 0.25) is 0 Å². The highest BCUT2D eigenvalue weighted by Gasteiger charge is 2.38.